The van der Waals surface area contributed by atoms with Crippen molar-refractivity contribution in [2.75, 3.05) is 12.8 Å². The van der Waals surface area contributed by atoms with Gasteiger partial charge in [-0.15, -0.1) is 0 Å². The van der Waals surface area contributed by atoms with E-state index >= 15 is 0 Å². The fourth-order valence-electron chi connectivity index (χ4n) is 1.86. The Hall–Kier alpha value is -2.04. The molecule has 2 amide bonds. The summed E-state index contributed by atoms with van der Waals surface area (Å²) in [6.45, 7) is 0.251. The second-order valence-electron chi connectivity index (χ2n) is 3.94. The molecule has 17 heavy (non-hydrogen) atoms. The van der Waals surface area contributed by atoms with Crippen LogP contribution in [0, 0.1) is 0 Å². The molecule has 2 N–H and O–H groups in total. The van der Waals surface area contributed by atoms with E-state index in [2.05, 4.69) is 0 Å². The van der Waals surface area contributed by atoms with Crippen molar-refractivity contribution in [3.63, 3.8) is 0 Å². The molecule has 0 atom stereocenters. The van der Waals surface area contributed by atoms with Gasteiger partial charge in [0.2, 0.25) is 11.8 Å². The zero-order chi connectivity index (χ0) is 12.4. The first-order chi connectivity index (χ1) is 8.11. The van der Waals surface area contributed by atoms with Gasteiger partial charge in [-0.25, -0.2) is 0 Å². The molecule has 1 saturated heterocycles. The summed E-state index contributed by atoms with van der Waals surface area (Å²) in [7, 11) is 1.53. The number of hydrogen-bond donors (Lipinski definition) is 1. The summed E-state index contributed by atoms with van der Waals surface area (Å²) in [6, 6.07) is 5.18. The minimum Gasteiger partial charge on any atom is -0.496 e. The highest BCUT2D eigenvalue weighted by Crippen LogP contribution is 2.25. The summed E-state index contributed by atoms with van der Waals surface area (Å²) < 4.78 is 5.18. The topological polar surface area (TPSA) is 72.6 Å². The molecular weight excluding hydrogens is 220 g/mol. The monoisotopic (exact) mass is 234 g/mol. The molecule has 5 nitrogen and oxygen atoms in total. The largest absolute Gasteiger partial charge is 0.496 e. The summed E-state index contributed by atoms with van der Waals surface area (Å²) in [6.07, 6.45) is 0.603. The van der Waals surface area contributed by atoms with E-state index in [-0.39, 0.29) is 18.4 Å². The molecule has 2 rings (SSSR count). The lowest BCUT2D eigenvalue weighted by Crippen LogP contribution is -2.28. The summed E-state index contributed by atoms with van der Waals surface area (Å²) in [5.41, 5.74) is 7.01. The van der Waals surface area contributed by atoms with Crippen LogP contribution in [0.25, 0.3) is 0 Å². The SMILES string of the molecule is COc1cc(N)ccc1CN1C(=O)CCC1=O. The van der Waals surface area contributed by atoms with Crippen LogP contribution in [0.1, 0.15) is 18.4 Å². The molecule has 0 aromatic heterocycles. The van der Waals surface area contributed by atoms with E-state index in [1.54, 1.807) is 18.2 Å². The van der Waals surface area contributed by atoms with Gasteiger partial charge in [-0.05, 0) is 6.07 Å². The predicted octanol–water partition coefficient (Wildman–Crippen LogP) is 0.926. The summed E-state index contributed by atoms with van der Waals surface area (Å²) in [5, 5.41) is 0. The van der Waals surface area contributed by atoms with Crippen molar-refractivity contribution >= 4 is 17.5 Å². The van der Waals surface area contributed by atoms with Crippen LogP contribution in [0.5, 0.6) is 5.75 Å². The van der Waals surface area contributed by atoms with Gasteiger partial charge < -0.3 is 10.5 Å². The van der Waals surface area contributed by atoms with Gasteiger partial charge in [0, 0.05) is 30.2 Å². The van der Waals surface area contributed by atoms with E-state index in [1.165, 1.54) is 12.0 Å². The lowest BCUT2D eigenvalue weighted by molar-refractivity contribution is -0.139. The zero-order valence-corrected chi connectivity index (χ0v) is 9.60. The third-order valence-corrected chi connectivity index (χ3v) is 2.79. The molecule has 1 heterocycles. The number of amides is 2. The van der Waals surface area contributed by atoms with Crippen LogP contribution in [0.4, 0.5) is 5.69 Å². The van der Waals surface area contributed by atoms with Crippen molar-refractivity contribution in [3.05, 3.63) is 23.8 Å². The van der Waals surface area contributed by atoms with Gasteiger partial charge in [-0.1, -0.05) is 6.07 Å². The summed E-state index contributed by atoms with van der Waals surface area (Å²) >= 11 is 0. The van der Waals surface area contributed by atoms with Crippen LogP contribution in [-0.2, 0) is 16.1 Å². The van der Waals surface area contributed by atoms with Crippen LogP contribution in [0.3, 0.4) is 0 Å². The number of nitrogens with zero attached hydrogens (tertiary/aromatic N) is 1. The lowest BCUT2D eigenvalue weighted by atomic mass is 10.1. The molecule has 0 aliphatic carbocycles. The van der Waals surface area contributed by atoms with E-state index in [1.807, 2.05) is 0 Å². The van der Waals surface area contributed by atoms with E-state index in [0.29, 0.717) is 24.3 Å². The average Bonchev–Trinajstić information content (AvgIpc) is 2.62. The van der Waals surface area contributed by atoms with Gasteiger partial charge in [0.1, 0.15) is 5.75 Å². The predicted molar refractivity (Wildman–Crippen MR) is 62.2 cm³/mol. The van der Waals surface area contributed by atoms with Crippen molar-refractivity contribution in [2.45, 2.75) is 19.4 Å². The van der Waals surface area contributed by atoms with Crippen molar-refractivity contribution < 1.29 is 14.3 Å². The minimum atomic E-state index is -0.131. The maximum atomic E-state index is 11.5. The number of carbonyl (C=O) groups excluding carboxylic acids is 2. The van der Waals surface area contributed by atoms with Crippen LogP contribution in [0.15, 0.2) is 18.2 Å². The van der Waals surface area contributed by atoms with Crippen LogP contribution >= 0.6 is 0 Å². The molecule has 1 aromatic carbocycles. The third kappa shape index (κ3) is 2.22. The van der Waals surface area contributed by atoms with E-state index in [0.717, 1.165) is 5.56 Å². The molecule has 90 valence electrons. The van der Waals surface area contributed by atoms with Crippen molar-refractivity contribution in [3.8, 4) is 5.75 Å². The molecule has 0 saturated carbocycles. The second kappa shape index (κ2) is 4.45. The molecule has 1 aliphatic heterocycles. The summed E-state index contributed by atoms with van der Waals surface area (Å²) in [4.78, 5) is 24.2. The Morgan fingerprint density at radius 1 is 1.29 bits per heavy atom. The molecule has 5 heteroatoms. The number of ether oxygens (including phenoxy) is 1. The highest BCUT2D eigenvalue weighted by Gasteiger charge is 2.29. The zero-order valence-electron chi connectivity index (χ0n) is 9.60. The molecule has 1 aromatic rings. The van der Waals surface area contributed by atoms with Gasteiger partial charge in [-0.3, -0.25) is 14.5 Å². The van der Waals surface area contributed by atoms with Gasteiger partial charge in [0.25, 0.3) is 0 Å². The highest BCUT2D eigenvalue weighted by molar-refractivity contribution is 6.01. The second-order valence-corrected chi connectivity index (χ2v) is 3.94. The molecular formula is C12H14N2O3. The first-order valence-corrected chi connectivity index (χ1v) is 5.37. The number of rotatable bonds is 3. The standard InChI is InChI=1S/C12H14N2O3/c1-17-10-6-9(13)3-2-8(10)7-14-11(15)4-5-12(14)16/h2-3,6H,4-5,7,13H2,1H3. The lowest BCUT2D eigenvalue weighted by Gasteiger charge is -2.16. The molecule has 1 aliphatic rings. The Labute approximate surface area is 99.2 Å². The van der Waals surface area contributed by atoms with Crippen molar-refractivity contribution in [2.24, 2.45) is 0 Å². The first-order valence-electron chi connectivity index (χ1n) is 5.37. The maximum absolute atomic E-state index is 11.5. The molecule has 0 unspecified atom stereocenters. The smallest absolute Gasteiger partial charge is 0.230 e. The van der Waals surface area contributed by atoms with Crippen molar-refractivity contribution in [1.82, 2.24) is 4.90 Å². The van der Waals surface area contributed by atoms with Gasteiger partial charge in [0.15, 0.2) is 0 Å². The Bertz CT molecular complexity index is 455. The number of likely N-dealkylation sites (tertiary alicyclic amines) is 1. The van der Waals surface area contributed by atoms with E-state index in [4.69, 9.17) is 10.5 Å². The fourth-order valence-corrected chi connectivity index (χ4v) is 1.86. The van der Waals surface area contributed by atoms with E-state index in [9.17, 15) is 9.59 Å². The number of methoxy groups -OCH3 is 1. The number of hydrogen-bond acceptors (Lipinski definition) is 4. The number of carbonyl (C=O) groups is 2. The Kier molecular flexibility index (Phi) is 2.99. The van der Waals surface area contributed by atoms with Crippen molar-refractivity contribution in [1.29, 1.82) is 0 Å². The number of nitrogen functional groups attached to an aromatic ring is 1. The number of nitrogens with two attached hydrogens (primary N) is 1. The van der Waals surface area contributed by atoms with Crippen LogP contribution in [0.2, 0.25) is 0 Å². The molecule has 1 fully saturated rings. The van der Waals surface area contributed by atoms with E-state index < -0.39 is 0 Å². The minimum absolute atomic E-state index is 0.131. The van der Waals surface area contributed by atoms with Gasteiger partial charge >= 0.3 is 0 Å². The first kappa shape index (κ1) is 11.4. The average molecular weight is 234 g/mol. The maximum Gasteiger partial charge on any atom is 0.230 e. The van der Waals surface area contributed by atoms with Crippen LogP contribution in [-0.4, -0.2) is 23.8 Å². The highest BCUT2D eigenvalue weighted by atomic mass is 16.5. The Morgan fingerprint density at radius 3 is 2.53 bits per heavy atom. The molecule has 0 spiro atoms. The third-order valence-electron chi connectivity index (χ3n) is 2.79. The normalized spacial score (nSPS) is 15.5. The Morgan fingerprint density at radius 2 is 1.94 bits per heavy atom. The molecule has 0 bridgehead atoms. The number of imide groups is 1. The number of benzene rings is 1. The fraction of sp³-hybridized carbons (Fsp3) is 0.333. The van der Waals surface area contributed by atoms with Gasteiger partial charge in [-0.2, -0.15) is 0 Å². The quantitative estimate of drug-likeness (QED) is 0.623. The Balaban J connectivity index is 2.23. The van der Waals surface area contributed by atoms with Crippen LogP contribution < -0.4 is 10.5 Å². The molecule has 0 radical (unpaired) electrons. The summed E-state index contributed by atoms with van der Waals surface area (Å²) in [5.74, 6) is 0.334. The number of anilines is 1. The van der Waals surface area contributed by atoms with Gasteiger partial charge in [0.05, 0.1) is 13.7 Å².